The molecule has 1 aliphatic rings. The summed E-state index contributed by atoms with van der Waals surface area (Å²) in [6.45, 7) is 5.60. The van der Waals surface area contributed by atoms with E-state index in [1.165, 1.54) is 12.1 Å². The Hall–Kier alpha value is -4.03. The summed E-state index contributed by atoms with van der Waals surface area (Å²) in [5, 5.41) is 3.45. The molecule has 0 unspecified atom stereocenters. The largest absolute Gasteiger partial charge is 0.372 e. The number of carbonyl (C=O) groups excluding carboxylic acids is 1. The van der Waals surface area contributed by atoms with Crippen LogP contribution < -0.4 is 10.2 Å². The molecule has 0 saturated carbocycles. The smallest absolute Gasteiger partial charge is 0.341 e. The van der Waals surface area contributed by atoms with E-state index in [0.29, 0.717) is 16.9 Å². The standard InChI is InChI=1S/C28H27F2N5O4S/c1-17-15-35(16-18(2)39-17)26-8-4-7-23(34-26)24-10-9-20-13-31-21(12-25(20)33-24)14-32-27(36)19-5-3-6-22(11-19)40(37,38)28(29)30/h3-13,17-18,28H,14-16H2,1-2H3,(H,32,36)/t17-,18+. The number of alkyl halides is 2. The Morgan fingerprint density at radius 2 is 1.75 bits per heavy atom. The maximum absolute atomic E-state index is 12.9. The van der Waals surface area contributed by atoms with E-state index >= 15 is 0 Å². The van der Waals surface area contributed by atoms with Crippen LogP contribution in [0.1, 0.15) is 29.9 Å². The summed E-state index contributed by atoms with van der Waals surface area (Å²) in [6, 6.07) is 15.9. The zero-order valence-electron chi connectivity index (χ0n) is 21.8. The summed E-state index contributed by atoms with van der Waals surface area (Å²) in [6.07, 6.45) is 1.85. The quantitative estimate of drug-likeness (QED) is 0.353. The molecule has 1 aromatic carbocycles. The minimum atomic E-state index is -4.81. The lowest BCUT2D eigenvalue weighted by molar-refractivity contribution is -0.00545. The van der Waals surface area contributed by atoms with Gasteiger partial charge >= 0.3 is 5.76 Å². The number of rotatable bonds is 7. The second-order valence-electron chi connectivity index (χ2n) is 9.62. The van der Waals surface area contributed by atoms with Gasteiger partial charge in [0.1, 0.15) is 5.82 Å². The average molecular weight is 568 g/mol. The van der Waals surface area contributed by atoms with Crippen molar-refractivity contribution in [3.05, 3.63) is 78.1 Å². The third-order valence-electron chi connectivity index (χ3n) is 6.46. The van der Waals surface area contributed by atoms with Crippen LogP contribution >= 0.6 is 0 Å². The molecule has 5 rings (SSSR count). The molecule has 12 heteroatoms. The summed E-state index contributed by atoms with van der Waals surface area (Å²) in [5.74, 6) is -3.35. The number of hydrogen-bond acceptors (Lipinski definition) is 8. The summed E-state index contributed by atoms with van der Waals surface area (Å²) < 4.78 is 55.1. The Morgan fingerprint density at radius 3 is 2.50 bits per heavy atom. The number of anilines is 1. The molecule has 9 nitrogen and oxygen atoms in total. The predicted molar refractivity (Wildman–Crippen MR) is 146 cm³/mol. The number of sulfone groups is 1. The molecule has 2 atom stereocenters. The first-order chi connectivity index (χ1) is 19.1. The molecule has 0 bridgehead atoms. The number of nitrogens with zero attached hydrogens (tertiary/aromatic N) is 4. The van der Waals surface area contributed by atoms with Crippen molar-refractivity contribution >= 4 is 32.5 Å². The van der Waals surface area contributed by atoms with Crippen LogP contribution in [0, 0.1) is 0 Å². The monoisotopic (exact) mass is 567 g/mol. The molecule has 0 radical (unpaired) electrons. The number of fused-ring (bicyclic) bond motifs is 1. The number of halogens is 2. The molecule has 0 aliphatic carbocycles. The number of hydrogen-bond donors (Lipinski definition) is 1. The molecule has 1 N–H and O–H groups in total. The Labute approximate surface area is 230 Å². The van der Waals surface area contributed by atoms with Crippen LogP contribution in [0.25, 0.3) is 22.3 Å². The maximum Gasteiger partial charge on any atom is 0.341 e. The fourth-order valence-electron chi connectivity index (χ4n) is 4.59. The Kier molecular flexibility index (Phi) is 7.72. The minimum Gasteiger partial charge on any atom is -0.372 e. The van der Waals surface area contributed by atoms with Crippen molar-refractivity contribution in [3.8, 4) is 11.4 Å². The number of morpholine rings is 1. The van der Waals surface area contributed by atoms with Gasteiger partial charge in [-0.05, 0) is 62.4 Å². The number of ether oxygens (including phenoxy) is 1. The molecule has 1 aliphatic heterocycles. The highest BCUT2D eigenvalue weighted by atomic mass is 32.2. The lowest BCUT2D eigenvalue weighted by Crippen LogP contribution is -2.45. The van der Waals surface area contributed by atoms with Gasteiger partial charge in [-0.25, -0.2) is 18.4 Å². The highest BCUT2D eigenvalue weighted by molar-refractivity contribution is 7.91. The molecule has 0 spiro atoms. The number of pyridine rings is 3. The van der Waals surface area contributed by atoms with Crippen molar-refractivity contribution in [1.29, 1.82) is 0 Å². The van der Waals surface area contributed by atoms with Gasteiger partial charge in [0.2, 0.25) is 9.84 Å². The van der Waals surface area contributed by atoms with Crippen LogP contribution in [0.2, 0.25) is 0 Å². The van der Waals surface area contributed by atoms with E-state index in [1.807, 2.05) is 44.2 Å². The number of benzene rings is 1. The predicted octanol–water partition coefficient (Wildman–Crippen LogP) is 4.23. The highest BCUT2D eigenvalue weighted by Gasteiger charge is 2.27. The van der Waals surface area contributed by atoms with Crippen molar-refractivity contribution < 1.29 is 26.7 Å². The number of carbonyl (C=O) groups is 1. The molecule has 1 saturated heterocycles. The van der Waals surface area contributed by atoms with E-state index in [4.69, 9.17) is 14.7 Å². The van der Waals surface area contributed by atoms with Gasteiger partial charge in [0.05, 0.1) is 46.2 Å². The Balaban J connectivity index is 1.33. The summed E-state index contributed by atoms with van der Waals surface area (Å²) in [5.41, 5.74) is 2.51. The van der Waals surface area contributed by atoms with Crippen molar-refractivity contribution in [2.75, 3.05) is 18.0 Å². The lowest BCUT2D eigenvalue weighted by atomic mass is 10.1. The molecule has 3 aromatic heterocycles. The van der Waals surface area contributed by atoms with E-state index in [0.717, 1.165) is 42.1 Å². The van der Waals surface area contributed by atoms with Gasteiger partial charge in [-0.1, -0.05) is 12.1 Å². The maximum atomic E-state index is 12.9. The molecule has 1 amide bonds. The molecular weight excluding hydrogens is 540 g/mol. The first kappa shape index (κ1) is 27.5. The van der Waals surface area contributed by atoms with Gasteiger partial charge in [0.15, 0.2) is 0 Å². The van der Waals surface area contributed by atoms with Crippen LogP contribution in [-0.2, 0) is 21.1 Å². The fraction of sp³-hybridized carbons (Fsp3) is 0.286. The summed E-state index contributed by atoms with van der Waals surface area (Å²) in [7, 11) is -4.81. The number of amides is 1. The third-order valence-corrected chi connectivity index (χ3v) is 7.84. The summed E-state index contributed by atoms with van der Waals surface area (Å²) >= 11 is 0. The summed E-state index contributed by atoms with van der Waals surface area (Å²) in [4.78, 5) is 28.2. The first-order valence-electron chi connectivity index (χ1n) is 12.6. The van der Waals surface area contributed by atoms with Crippen LogP contribution in [0.4, 0.5) is 14.6 Å². The van der Waals surface area contributed by atoms with Crippen molar-refractivity contribution in [2.45, 2.75) is 43.3 Å². The van der Waals surface area contributed by atoms with Crippen LogP contribution in [0.15, 0.2) is 71.8 Å². The SMILES string of the molecule is C[C@@H]1CN(c2cccc(-c3ccc4cnc(CNC(=O)c5cccc(S(=O)(=O)C(F)F)c5)cc4n3)n2)C[C@H](C)O1. The van der Waals surface area contributed by atoms with Crippen LogP contribution in [0.3, 0.4) is 0 Å². The first-order valence-corrected chi connectivity index (χ1v) is 14.2. The van der Waals surface area contributed by atoms with Gasteiger partial charge in [-0.2, -0.15) is 8.78 Å². The van der Waals surface area contributed by atoms with Crippen LogP contribution in [-0.4, -0.2) is 60.3 Å². The molecular formula is C28H27F2N5O4S. The van der Waals surface area contributed by atoms with Crippen LogP contribution in [0.5, 0.6) is 0 Å². The van der Waals surface area contributed by atoms with Gasteiger partial charge in [0, 0.05) is 30.2 Å². The topological polar surface area (TPSA) is 114 Å². The number of nitrogens with one attached hydrogen (secondary N) is 1. The molecule has 4 aromatic rings. The highest BCUT2D eigenvalue weighted by Crippen LogP contribution is 2.24. The molecule has 4 heterocycles. The van der Waals surface area contributed by atoms with Crippen molar-refractivity contribution in [3.63, 3.8) is 0 Å². The molecule has 208 valence electrons. The second kappa shape index (κ2) is 11.2. The van der Waals surface area contributed by atoms with Crippen molar-refractivity contribution in [2.24, 2.45) is 0 Å². The van der Waals surface area contributed by atoms with E-state index in [1.54, 1.807) is 12.3 Å². The Morgan fingerprint density at radius 1 is 1.02 bits per heavy atom. The van der Waals surface area contributed by atoms with Gasteiger partial charge < -0.3 is 15.0 Å². The van der Waals surface area contributed by atoms with Gasteiger partial charge in [-0.3, -0.25) is 9.78 Å². The van der Waals surface area contributed by atoms with E-state index in [9.17, 15) is 22.0 Å². The van der Waals surface area contributed by atoms with Gasteiger partial charge in [-0.15, -0.1) is 0 Å². The van der Waals surface area contributed by atoms with Gasteiger partial charge in [0.25, 0.3) is 5.91 Å². The number of aromatic nitrogens is 3. The van der Waals surface area contributed by atoms with Crippen molar-refractivity contribution in [1.82, 2.24) is 20.3 Å². The average Bonchev–Trinajstić information content (AvgIpc) is 2.95. The molecule has 40 heavy (non-hydrogen) atoms. The fourth-order valence-corrected chi connectivity index (χ4v) is 5.36. The lowest BCUT2D eigenvalue weighted by Gasteiger charge is -2.36. The zero-order chi connectivity index (χ0) is 28.4. The molecule has 1 fully saturated rings. The zero-order valence-corrected chi connectivity index (χ0v) is 22.6. The van der Waals surface area contributed by atoms with E-state index < -0.39 is 26.4 Å². The second-order valence-corrected chi connectivity index (χ2v) is 11.5. The Bertz CT molecular complexity index is 1660. The third kappa shape index (κ3) is 5.92. The van der Waals surface area contributed by atoms with E-state index in [-0.39, 0.29) is 24.3 Å². The normalized spacial score (nSPS) is 17.8. The van der Waals surface area contributed by atoms with E-state index in [2.05, 4.69) is 15.2 Å². The minimum absolute atomic E-state index is 0.0215.